The van der Waals surface area contributed by atoms with Crippen LogP contribution in [0.3, 0.4) is 0 Å². The lowest BCUT2D eigenvalue weighted by Gasteiger charge is -2.36. The van der Waals surface area contributed by atoms with Crippen LogP contribution in [0, 0.1) is 11.8 Å². The molecular weight excluding hydrogens is 638 g/mol. The lowest BCUT2D eigenvalue weighted by atomic mass is 9.70. The number of carbonyl (C=O) groups excluding carboxylic acids is 4. The van der Waals surface area contributed by atoms with E-state index in [0.29, 0.717) is 35.5 Å². The Hall–Kier alpha value is -4.03. The standard InChI is InChI=1S/C36H42ClN3O8/c1-4-6-16-28(42)38-25(22-46-3)31(23-12-8-7-9-13-23)47-35(45)29-27-17-18-36(48-27)30(29)33(43)40(20-21-41)32(36)34(44)39(19-5-2)26-15-11-10-14-24(26)37/h4-5,7-15,25,27,29-32,41H,1-2,6,16-22H2,3H3,(H,38,42)/t25-,27-,29+,30+,31-,32-,36+/m1/s1. The van der Waals surface area contributed by atoms with Gasteiger partial charge < -0.3 is 34.4 Å². The molecule has 12 heteroatoms. The predicted octanol–water partition coefficient (Wildman–Crippen LogP) is 3.61. The summed E-state index contributed by atoms with van der Waals surface area (Å²) >= 11 is 6.51. The molecule has 0 radical (unpaired) electrons. The van der Waals surface area contributed by atoms with E-state index in [1.165, 1.54) is 16.9 Å². The molecule has 3 saturated heterocycles. The first-order valence-corrected chi connectivity index (χ1v) is 16.5. The maximum absolute atomic E-state index is 14.5. The molecule has 0 aliphatic carbocycles. The fourth-order valence-electron chi connectivity index (χ4n) is 7.43. The lowest BCUT2D eigenvalue weighted by molar-refractivity contribution is -0.163. The molecule has 3 aliphatic heterocycles. The third-order valence-corrected chi connectivity index (χ3v) is 9.69. The number of nitrogens with zero attached hydrogens (tertiary/aromatic N) is 2. The molecule has 3 aliphatic rings. The molecule has 3 heterocycles. The smallest absolute Gasteiger partial charge is 0.313 e. The van der Waals surface area contributed by atoms with Crippen LogP contribution >= 0.6 is 11.6 Å². The Bertz CT molecular complexity index is 1520. The molecule has 2 aromatic rings. The average molecular weight is 680 g/mol. The first kappa shape index (κ1) is 35.3. The molecule has 5 rings (SSSR count). The second-order valence-electron chi connectivity index (χ2n) is 12.2. The summed E-state index contributed by atoms with van der Waals surface area (Å²) in [6.45, 7) is 7.10. The van der Waals surface area contributed by atoms with Crippen LogP contribution in [-0.2, 0) is 33.4 Å². The van der Waals surface area contributed by atoms with Crippen molar-refractivity contribution in [3.05, 3.63) is 90.5 Å². The van der Waals surface area contributed by atoms with Crippen molar-refractivity contribution >= 4 is 41.0 Å². The zero-order chi connectivity index (χ0) is 34.4. The maximum atomic E-state index is 14.5. The van der Waals surface area contributed by atoms with E-state index in [2.05, 4.69) is 18.5 Å². The molecule has 0 saturated carbocycles. The van der Waals surface area contributed by atoms with E-state index in [9.17, 15) is 24.3 Å². The van der Waals surface area contributed by atoms with Gasteiger partial charge in [0.15, 0.2) is 0 Å². The normalized spacial score (nSPS) is 25.2. The molecule has 7 atom stereocenters. The fraction of sp³-hybridized carbons (Fsp3) is 0.444. The number of likely N-dealkylation sites (tertiary alicyclic amines) is 1. The Morgan fingerprint density at radius 3 is 2.56 bits per heavy atom. The number of halogens is 1. The third kappa shape index (κ3) is 6.64. The highest BCUT2D eigenvalue weighted by Crippen LogP contribution is 2.59. The number of amides is 3. The van der Waals surface area contributed by atoms with Crippen molar-refractivity contribution in [2.75, 3.05) is 38.3 Å². The van der Waals surface area contributed by atoms with Crippen LogP contribution in [0.25, 0.3) is 0 Å². The number of benzene rings is 2. The predicted molar refractivity (Wildman–Crippen MR) is 179 cm³/mol. The number of hydrogen-bond donors (Lipinski definition) is 2. The zero-order valence-corrected chi connectivity index (χ0v) is 27.7. The van der Waals surface area contributed by atoms with Gasteiger partial charge in [-0.05, 0) is 37.0 Å². The van der Waals surface area contributed by atoms with Gasteiger partial charge in [-0.25, -0.2) is 0 Å². The van der Waals surface area contributed by atoms with Gasteiger partial charge in [-0.3, -0.25) is 19.2 Å². The molecule has 2 aromatic carbocycles. The van der Waals surface area contributed by atoms with Gasteiger partial charge in [0.2, 0.25) is 11.8 Å². The van der Waals surface area contributed by atoms with Gasteiger partial charge in [-0.2, -0.15) is 0 Å². The van der Waals surface area contributed by atoms with Crippen molar-refractivity contribution in [1.29, 1.82) is 0 Å². The Kier molecular flexibility index (Phi) is 11.4. The number of carbonyl (C=O) groups is 4. The van der Waals surface area contributed by atoms with Crippen LogP contribution in [0.15, 0.2) is 79.9 Å². The van der Waals surface area contributed by atoms with Crippen molar-refractivity contribution in [1.82, 2.24) is 10.2 Å². The number of allylic oxidation sites excluding steroid dienone is 1. The highest BCUT2D eigenvalue weighted by Gasteiger charge is 2.75. The summed E-state index contributed by atoms with van der Waals surface area (Å²) in [6, 6.07) is 14.0. The lowest BCUT2D eigenvalue weighted by Crippen LogP contribution is -2.57. The molecule has 48 heavy (non-hydrogen) atoms. The number of fused-ring (bicyclic) bond motifs is 1. The van der Waals surface area contributed by atoms with Gasteiger partial charge in [0.05, 0.1) is 47.9 Å². The van der Waals surface area contributed by atoms with E-state index < -0.39 is 66.1 Å². The molecule has 1 spiro atoms. The van der Waals surface area contributed by atoms with Crippen molar-refractivity contribution in [2.24, 2.45) is 11.8 Å². The first-order valence-electron chi connectivity index (χ1n) is 16.1. The average Bonchev–Trinajstić information content (AvgIpc) is 3.73. The van der Waals surface area contributed by atoms with Crippen LogP contribution in [0.1, 0.15) is 37.4 Å². The van der Waals surface area contributed by atoms with Gasteiger partial charge >= 0.3 is 5.97 Å². The summed E-state index contributed by atoms with van der Waals surface area (Å²) in [5, 5.41) is 13.3. The van der Waals surface area contributed by atoms with Crippen LogP contribution in [0.4, 0.5) is 5.69 Å². The van der Waals surface area contributed by atoms with E-state index in [4.69, 9.17) is 25.8 Å². The number of aliphatic hydroxyl groups is 1. The van der Waals surface area contributed by atoms with Gasteiger partial charge in [0.25, 0.3) is 5.91 Å². The molecule has 0 aromatic heterocycles. The van der Waals surface area contributed by atoms with E-state index in [1.807, 2.05) is 6.07 Å². The zero-order valence-electron chi connectivity index (χ0n) is 27.0. The van der Waals surface area contributed by atoms with Crippen molar-refractivity contribution in [2.45, 2.75) is 55.6 Å². The van der Waals surface area contributed by atoms with Crippen LogP contribution < -0.4 is 10.2 Å². The van der Waals surface area contributed by atoms with E-state index in [-0.39, 0.29) is 32.0 Å². The third-order valence-electron chi connectivity index (χ3n) is 9.37. The number of hydrogen-bond acceptors (Lipinski definition) is 8. The Balaban J connectivity index is 1.48. The number of aliphatic hydroxyl groups excluding tert-OH is 1. The van der Waals surface area contributed by atoms with E-state index in [0.717, 1.165) is 0 Å². The molecule has 3 fully saturated rings. The highest BCUT2D eigenvalue weighted by molar-refractivity contribution is 6.34. The van der Waals surface area contributed by atoms with Gasteiger partial charge in [0.1, 0.15) is 17.7 Å². The molecule has 3 amide bonds. The van der Waals surface area contributed by atoms with Gasteiger partial charge in [-0.15, -0.1) is 13.2 Å². The molecule has 2 N–H and O–H groups in total. The monoisotopic (exact) mass is 679 g/mol. The summed E-state index contributed by atoms with van der Waals surface area (Å²) in [6.07, 6.45) is 3.03. The van der Waals surface area contributed by atoms with E-state index >= 15 is 0 Å². The van der Waals surface area contributed by atoms with Crippen molar-refractivity contribution < 1.29 is 38.5 Å². The molecule has 11 nitrogen and oxygen atoms in total. The minimum absolute atomic E-state index is 0.0472. The Morgan fingerprint density at radius 2 is 1.90 bits per heavy atom. The summed E-state index contributed by atoms with van der Waals surface area (Å²) in [4.78, 5) is 58.6. The topological polar surface area (TPSA) is 135 Å². The number of nitrogens with one attached hydrogen (secondary N) is 1. The number of β-amino-alcohol motifs (C(OH)–C–C–N with tert-alkyl or cyclic N) is 1. The molecule has 2 bridgehead atoms. The number of ether oxygens (including phenoxy) is 3. The van der Waals surface area contributed by atoms with Crippen molar-refractivity contribution in [3.8, 4) is 0 Å². The van der Waals surface area contributed by atoms with Crippen LogP contribution in [-0.4, -0.2) is 90.9 Å². The summed E-state index contributed by atoms with van der Waals surface area (Å²) in [5.41, 5.74) is -0.261. The number of esters is 1. The molecule has 256 valence electrons. The molecule has 0 unspecified atom stereocenters. The number of rotatable bonds is 16. The first-order chi connectivity index (χ1) is 23.2. The van der Waals surface area contributed by atoms with Gasteiger partial charge in [0, 0.05) is 26.6 Å². The molecular formula is C36H42ClN3O8. The Morgan fingerprint density at radius 1 is 1.17 bits per heavy atom. The van der Waals surface area contributed by atoms with Crippen molar-refractivity contribution in [3.63, 3.8) is 0 Å². The second kappa shape index (κ2) is 15.5. The van der Waals surface area contributed by atoms with Gasteiger partial charge in [-0.1, -0.05) is 66.2 Å². The SMILES string of the molecule is C=CCCC(=O)N[C@H](COC)[C@H](OC(=O)[C@@H]1[C@H]2C(=O)N(CCO)[C@H](C(=O)N(CC=C)c3ccccc3Cl)[C@]23CC[C@H]1O3)c1ccccc1. The summed E-state index contributed by atoms with van der Waals surface area (Å²) < 4.78 is 18.2. The highest BCUT2D eigenvalue weighted by atomic mass is 35.5. The number of para-hydroxylation sites is 1. The van der Waals surface area contributed by atoms with Crippen LogP contribution in [0.2, 0.25) is 5.02 Å². The summed E-state index contributed by atoms with van der Waals surface area (Å²) in [7, 11) is 1.49. The quantitative estimate of drug-likeness (QED) is 0.203. The number of methoxy groups -OCH3 is 1. The maximum Gasteiger partial charge on any atom is 0.313 e. The fourth-order valence-corrected chi connectivity index (χ4v) is 7.67. The second-order valence-corrected chi connectivity index (χ2v) is 12.6. The minimum atomic E-state index is -1.33. The summed E-state index contributed by atoms with van der Waals surface area (Å²) in [5.74, 6) is -3.91. The largest absolute Gasteiger partial charge is 0.455 e. The van der Waals surface area contributed by atoms with E-state index in [1.54, 1.807) is 60.7 Å². The van der Waals surface area contributed by atoms with Crippen LogP contribution in [0.5, 0.6) is 0 Å². The minimum Gasteiger partial charge on any atom is -0.455 e. The Labute approximate surface area is 285 Å². The number of anilines is 1.